The molecule has 1 saturated carbocycles. The first-order chi connectivity index (χ1) is 8.72. The fourth-order valence-electron chi connectivity index (χ4n) is 2.07. The molecule has 5 nitrogen and oxygen atoms in total. The van der Waals surface area contributed by atoms with Crippen LogP contribution < -0.4 is 10.6 Å². The number of rotatable bonds is 3. The van der Waals surface area contributed by atoms with Gasteiger partial charge in [0.05, 0.1) is 11.6 Å². The third kappa shape index (κ3) is 2.53. The predicted molar refractivity (Wildman–Crippen MR) is 68.5 cm³/mol. The smallest absolute Gasteiger partial charge is 0.231 e. The van der Waals surface area contributed by atoms with Crippen molar-refractivity contribution in [2.24, 2.45) is 5.92 Å². The molecule has 3 rings (SSSR count). The van der Waals surface area contributed by atoms with E-state index in [0.717, 1.165) is 5.69 Å². The Hall–Kier alpha value is -1.43. The van der Waals surface area contributed by atoms with E-state index in [0.29, 0.717) is 30.4 Å². The summed E-state index contributed by atoms with van der Waals surface area (Å²) in [5.41, 5.74) is 1.10. The standard InChI is InChI=1S/C12H15N3O2S/c16-10-4-3-8(5-13-10)11(17)15-12-14-9(6-18-12)7-1-2-7/h6-8H,1-5H2,(H,13,16)(H,14,15,17). The van der Waals surface area contributed by atoms with Crippen molar-refractivity contribution in [1.82, 2.24) is 10.3 Å². The highest BCUT2D eigenvalue weighted by Gasteiger charge is 2.28. The van der Waals surface area contributed by atoms with Crippen LogP contribution in [-0.2, 0) is 9.59 Å². The quantitative estimate of drug-likeness (QED) is 0.869. The zero-order valence-electron chi connectivity index (χ0n) is 9.94. The van der Waals surface area contributed by atoms with Gasteiger partial charge in [-0.15, -0.1) is 11.3 Å². The van der Waals surface area contributed by atoms with Crippen molar-refractivity contribution in [3.8, 4) is 0 Å². The van der Waals surface area contributed by atoms with Gasteiger partial charge in [0.2, 0.25) is 11.8 Å². The van der Waals surface area contributed by atoms with Crippen molar-refractivity contribution in [3.05, 3.63) is 11.1 Å². The molecule has 96 valence electrons. The second kappa shape index (κ2) is 4.68. The van der Waals surface area contributed by atoms with Crippen molar-refractivity contribution < 1.29 is 9.59 Å². The van der Waals surface area contributed by atoms with Crippen molar-refractivity contribution in [2.75, 3.05) is 11.9 Å². The molecule has 0 bridgehead atoms. The molecule has 2 fully saturated rings. The molecule has 2 heterocycles. The fourth-order valence-corrected chi connectivity index (χ4v) is 2.87. The van der Waals surface area contributed by atoms with Crippen LogP contribution in [0.1, 0.15) is 37.3 Å². The molecular weight excluding hydrogens is 250 g/mol. The van der Waals surface area contributed by atoms with Crippen LogP contribution in [0.4, 0.5) is 5.13 Å². The molecule has 2 aliphatic rings. The minimum Gasteiger partial charge on any atom is -0.355 e. The fraction of sp³-hybridized carbons (Fsp3) is 0.583. The number of amides is 2. The lowest BCUT2D eigenvalue weighted by molar-refractivity contribution is -0.126. The minimum absolute atomic E-state index is 0.0318. The van der Waals surface area contributed by atoms with Gasteiger partial charge >= 0.3 is 0 Å². The summed E-state index contributed by atoms with van der Waals surface area (Å²) in [5.74, 6) is 0.480. The van der Waals surface area contributed by atoms with Crippen molar-refractivity contribution >= 4 is 28.3 Å². The molecule has 6 heteroatoms. The Kier molecular flexibility index (Phi) is 3.03. The first kappa shape index (κ1) is 11.6. The van der Waals surface area contributed by atoms with Crippen LogP contribution in [0.5, 0.6) is 0 Å². The Balaban J connectivity index is 1.57. The average molecular weight is 265 g/mol. The van der Waals surface area contributed by atoms with Gasteiger partial charge in [0.25, 0.3) is 0 Å². The highest BCUT2D eigenvalue weighted by Crippen LogP contribution is 2.40. The van der Waals surface area contributed by atoms with Gasteiger partial charge in [0.15, 0.2) is 5.13 Å². The predicted octanol–water partition coefficient (Wildman–Crippen LogP) is 1.49. The lowest BCUT2D eigenvalue weighted by Gasteiger charge is -2.20. The number of piperidine rings is 1. The number of thiazole rings is 1. The van der Waals surface area contributed by atoms with E-state index in [1.165, 1.54) is 24.2 Å². The number of nitrogens with zero attached hydrogens (tertiary/aromatic N) is 1. The van der Waals surface area contributed by atoms with E-state index in [1.54, 1.807) is 0 Å². The number of anilines is 1. The Morgan fingerprint density at radius 3 is 2.94 bits per heavy atom. The summed E-state index contributed by atoms with van der Waals surface area (Å²) in [6.45, 7) is 0.436. The SMILES string of the molecule is O=C1CCC(C(=O)Nc2nc(C3CC3)cs2)CN1. The number of aromatic nitrogens is 1. The number of hydrogen-bond donors (Lipinski definition) is 2. The maximum Gasteiger partial charge on any atom is 0.231 e. The van der Waals surface area contributed by atoms with Crippen LogP contribution in [0, 0.1) is 5.92 Å². The maximum absolute atomic E-state index is 12.0. The minimum atomic E-state index is -0.129. The third-order valence-corrected chi connectivity index (χ3v) is 4.16. The molecule has 18 heavy (non-hydrogen) atoms. The maximum atomic E-state index is 12.0. The number of hydrogen-bond acceptors (Lipinski definition) is 4. The van der Waals surface area contributed by atoms with E-state index in [9.17, 15) is 9.59 Å². The van der Waals surface area contributed by atoms with Gasteiger partial charge in [-0.25, -0.2) is 4.98 Å². The van der Waals surface area contributed by atoms with Crippen LogP contribution in [0.3, 0.4) is 0 Å². The van der Waals surface area contributed by atoms with Crippen LogP contribution in [0.25, 0.3) is 0 Å². The van der Waals surface area contributed by atoms with Gasteiger partial charge in [-0.1, -0.05) is 0 Å². The van der Waals surface area contributed by atoms with Gasteiger partial charge < -0.3 is 10.6 Å². The molecular formula is C12H15N3O2S. The number of nitrogens with one attached hydrogen (secondary N) is 2. The molecule has 0 spiro atoms. The van der Waals surface area contributed by atoms with Gasteiger partial charge in [-0.05, 0) is 19.3 Å². The van der Waals surface area contributed by atoms with Crippen LogP contribution in [0.2, 0.25) is 0 Å². The van der Waals surface area contributed by atoms with Gasteiger partial charge in [-0.3, -0.25) is 9.59 Å². The Morgan fingerprint density at radius 2 is 2.28 bits per heavy atom. The Bertz CT molecular complexity index is 471. The monoisotopic (exact) mass is 265 g/mol. The zero-order chi connectivity index (χ0) is 12.5. The molecule has 1 saturated heterocycles. The largest absolute Gasteiger partial charge is 0.355 e. The van der Waals surface area contributed by atoms with Crippen molar-refractivity contribution in [3.63, 3.8) is 0 Å². The highest BCUT2D eigenvalue weighted by atomic mass is 32.1. The lowest BCUT2D eigenvalue weighted by Crippen LogP contribution is -2.40. The molecule has 1 aromatic rings. The van der Waals surface area contributed by atoms with Gasteiger partial charge in [0, 0.05) is 24.3 Å². The van der Waals surface area contributed by atoms with Crippen molar-refractivity contribution in [2.45, 2.75) is 31.6 Å². The Labute approximate surface area is 109 Å². The summed E-state index contributed by atoms with van der Waals surface area (Å²) in [5, 5.41) is 8.27. The molecule has 2 amide bonds. The molecule has 1 aliphatic carbocycles. The van der Waals surface area contributed by atoms with Crippen LogP contribution in [0.15, 0.2) is 5.38 Å². The third-order valence-electron chi connectivity index (χ3n) is 3.38. The second-order valence-electron chi connectivity index (χ2n) is 4.88. The van der Waals surface area contributed by atoms with E-state index in [4.69, 9.17) is 0 Å². The van der Waals surface area contributed by atoms with E-state index < -0.39 is 0 Å². The zero-order valence-corrected chi connectivity index (χ0v) is 10.8. The van der Waals surface area contributed by atoms with E-state index in [1.807, 2.05) is 5.38 Å². The summed E-state index contributed by atoms with van der Waals surface area (Å²) >= 11 is 1.48. The van der Waals surface area contributed by atoms with Gasteiger partial charge in [-0.2, -0.15) is 0 Å². The normalized spacial score (nSPS) is 23.6. The van der Waals surface area contributed by atoms with E-state index in [2.05, 4.69) is 15.6 Å². The molecule has 1 aliphatic heterocycles. The number of carbonyl (C=O) groups is 2. The molecule has 1 unspecified atom stereocenters. The molecule has 0 radical (unpaired) electrons. The summed E-state index contributed by atoms with van der Waals surface area (Å²) in [7, 11) is 0. The van der Waals surface area contributed by atoms with Gasteiger partial charge in [0.1, 0.15) is 0 Å². The average Bonchev–Trinajstić information content (AvgIpc) is 3.11. The molecule has 1 atom stereocenters. The summed E-state index contributed by atoms with van der Waals surface area (Å²) < 4.78 is 0. The van der Waals surface area contributed by atoms with Crippen LogP contribution in [-0.4, -0.2) is 23.3 Å². The summed E-state index contributed by atoms with van der Waals surface area (Å²) in [6, 6.07) is 0. The Morgan fingerprint density at radius 1 is 1.44 bits per heavy atom. The summed E-state index contributed by atoms with van der Waals surface area (Å²) in [4.78, 5) is 27.4. The van der Waals surface area contributed by atoms with E-state index >= 15 is 0 Å². The van der Waals surface area contributed by atoms with Crippen LogP contribution >= 0.6 is 11.3 Å². The van der Waals surface area contributed by atoms with E-state index in [-0.39, 0.29) is 17.7 Å². The topological polar surface area (TPSA) is 71.1 Å². The lowest BCUT2D eigenvalue weighted by atomic mass is 9.98. The first-order valence-electron chi connectivity index (χ1n) is 6.25. The number of carbonyl (C=O) groups excluding carboxylic acids is 2. The first-order valence-corrected chi connectivity index (χ1v) is 7.13. The highest BCUT2D eigenvalue weighted by molar-refractivity contribution is 7.13. The summed E-state index contributed by atoms with van der Waals surface area (Å²) in [6.07, 6.45) is 3.49. The second-order valence-corrected chi connectivity index (χ2v) is 5.74. The molecule has 0 aromatic carbocycles. The molecule has 1 aromatic heterocycles. The van der Waals surface area contributed by atoms with Crippen molar-refractivity contribution in [1.29, 1.82) is 0 Å². The molecule has 2 N–H and O–H groups in total.